The summed E-state index contributed by atoms with van der Waals surface area (Å²) in [5.74, 6) is 0.217. The minimum Gasteiger partial charge on any atom is -0.484 e. The van der Waals surface area contributed by atoms with Crippen molar-refractivity contribution in [3.63, 3.8) is 0 Å². The van der Waals surface area contributed by atoms with Gasteiger partial charge in [-0.1, -0.05) is 73.4 Å². The molecule has 0 aliphatic rings. The van der Waals surface area contributed by atoms with Gasteiger partial charge < -0.3 is 10.1 Å². The van der Waals surface area contributed by atoms with Gasteiger partial charge in [0, 0.05) is 17.7 Å². The van der Waals surface area contributed by atoms with E-state index in [9.17, 15) is 18.0 Å². The van der Waals surface area contributed by atoms with Crippen LogP contribution >= 0.6 is 15.9 Å². The lowest BCUT2D eigenvalue weighted by Gasteiger charge is -2.16. The largest absolute Gasteiger partial charge is 0.484 e. The topological polar surface area (TPSA) is 92.8 Å². The van der Waals surface area contributed by atoms with Gasteiger partial charge in [0.2, 0.25) is 5.82 Å². The minimum absolute atomic E-state index is 0.0706. The van der Waals surface area contributed by atoms with E-state index in [0.29, 0.717) is 22.1 Å². The summed E-state index contributed by atoms with van der Waals surface area (Å²) in [4.78, 5) is 13.0. The average molecular weight is 631 g/mol. The zero-order valence-corrected chi connectivity index (χ0v) is 24.0. The zero-order chi connectivity index (χ0) is 29.1. The molecule has 0 radical (unpaired) electrons. The van der Waals surface area contributed by atoms with Gasteiger partial charge in [-0.3, -0.25) is 4.79 Å². The third kappa shape index (κ3) is 9.14. The first-order chi connectivity index (χ1) is 19.8. The Hall–Kier alpha value is -3.73. The third-order valence-electron chi connectivity index (χ3n) is 6.56. The summed E-state index contributed by atoms with van der Waals surface area (Å²) in [6, 6.07) is 18.5. The first kappa shape index (κ1) is 30.2. The Balaban J connectivity index is 1.35. The van der Waals surface area contributed by atoms with E-state index in [1.54, 1.807) is 12.1 Å². The molecule has 0 atom stereocenters. The van der Waals surface area contributed by atoms with Gasteiger partial charge in [0.1, 0.15) is 5.75 Å². The van der Waals surface area contributed by atoms with Crippen molar-refractivity contribution in [3.05, 3.63) is 93.7 Å². The lowest BCUT2D eigenvalue weighted by atomic mass is 9.99. The van der Waals surface area contributed by atoms with Crippen molar-refractivity contribution < 1.29 is 22.7 Å². The van der Waals surface area contributed by atoms with Gasteiger partial charge in [0.15, 0.2) is 6.61 Å². The molecule has 11 heteroatoms. The van der Waals surface area contributed by atoms with Crippen LogP contribution in [0, 0.1) is 0 Å². The first-order valence-corrected chi connectivity index (χ1v) is 14.3. The van der Waals surface area contributed by atoms with E-state index in [4.69, 9.17) is 4.74 Å². The molecular weight excluding hydrogens is 599 g/mol. The third-order valence-corrected chi connectivity index (χ3v) is 7.15. The number of nitrogens with one attached hydrogen (secondary N) is 2. The fourth-order valence-electron chi connectivity index (χ4n) is 4.44. The molecule has 4 rings (SSSR count). The molecule has 0 spiro atoms. The smallest absolute Gasteiger partial charge is 0.416 e. The molecule has 1 aromatic heterocycles. The van der Waals surface area contributed by atoms with Crippen molar-refractivity contribution in [2.24, 2.45) is 0 Å². The number of hydrogen-bond donors (Lipinski definition) is 2. The Bertz CT molecular complexity index is 1400. The van der Waals surface area contributed by atoms with E-state index < -0.39 is 11.7 Å². The molecule has 41 heavy (non-hydrogen) atoms. The predicted octanol–water partition coefficient (Wildman–Crippen LogP) is 7.54. The van der Waals surface area contributed by atoms with Gasteiger partial charge in [-0.15, -0.1) is 10.2 Å². The Labute approximate surface area is 245 Å². The summed E-state index contributed by atoms with van der Waals surface area (Å²) in [5, 5.41) is 16.4. The predicted molar refractivity (Wildman–Crippen MR) is 153 cm³/mol. The summed E-state index contributed by atoms with van der Waals surface area (Å²) in [6.45, 7) is 0.439. The number of hydrogen-bond acceptors (Lipinski definition) is 5. The fraction of sp³-hybridized carbons (Fsp3) is 0.333. The first-order valence-electron chi connectivity index (χ1n) is 13.5. The number of halogens is 4. The number of aryl methyl sites for hydroxylation is 1. The number of amides is 1. The lowest BCUT2D eigenvalue weighted by Crippen LogP contribution is -2.24. The van der Waals surface area contributed by atoms with Crippen LogP contribution in [-0.4, -0.2) is 33.1 Å². The van der Waals surface area contributed by atoms with Gasteiger partial charge in [-0.25, -0.2) is 0 Å². The summed E-state index contributed by atoms with van der Waals surface area (Å²) in [5.41, 5.74) is 1.45. The lowest BCUT2D eigenvalue weighted by molar-refractivity contribution is -0.137. The van der Waals surface area contributed by atoms with Crippen molar-refractivity contribution in [2.45, 2.75) is 57.7 Å². The molecule has 0 fully saturated rings. The molecule has 1 heterocycles. The van der Waals surface area contributed by atoms with Gasteiger partial charge >= 0.3 is 6.18 Å². The Morgan fingerprint density at radius 1 is 0.927 bits per heavy atom. The van der Waals surface area contributed by atoms with E-state index in [1.807, 2.05) is 6.07 Å². The van der Waals surface area contributed by atoms with E-state index in [0.717, 1.165) is 44.2 Å². The summed E-state index contributed by atoms with van der Waals surface area (Å²) >= 11 is 3.43. The molecule has 0 saturated heterocycles. The van der Waals surface area contributed by atoms with Crippen LogP contribution in [0.5, 0.6) is 5.75 Å². The molecular formula is C30H31BrF3N5O2. The molecule has 1 amide bonds. The normalized spacial score (nSPS) is 11.4. The monoisotopic (exact) mass is 629 g/mol. The van der Waals surface area contributed by atoms with Crippen LogP contribution in [-0.2, 0) is 19.2 Å². The highest BCUT2D eigenvalue weighted by Gasteiger charge is 2.31. The molecule has 3 aromatic carbocycles. The fourth-order valence-corrected chi connectivity index (χ4v) is 5.01. The van der Waals surface area contributed by atoms with Crippen LogP contribution in [0.25, 0.3) is 11.1 Å². The zero-order valence-electron chi connectivity index (χ0n) is 22.4. The number of carbonyl (C=O) groups excluding carboxylic acids is 1. The molecule has 4 aromatic rings. The van der Waals surface area contributed by atoms with Crippen LogP contribution in [0.15, 0.2) is 71.2 Å². The van der Waals surface area contributed by atoms with Crippen LogP contribution in [0.4, 0.5) is 13.2 Å². The number of rotatable bonds is 14. The van der Waals surface area contributed by atoms with Crippen molar-refractivity contribution >= 4 is 21.8 Å². The summed E-state index contributed by atoms with van der Waals surface area (Å²) < 4.78 is 46.6. The Morgan fingerprint density at radius 3 is 2.41 bits per heavy atom. The van der Waals surface area contributed by atoms with Crippen molar-refractivity contribution in [1.82, 2.24) is 25.9 Å². The maximum atomic E-state index is 13.4. The maximum Gasteiger partial charge on any atom is 0.416 e. The highest BCUT2D eigenvalue weighted by molar-refractivity contribution is 9.10. The molecule has 7 nitrogen and oxygen atoms in total. The number of aromatic amines is 1. The van der Waals surface area contributed by atoms with Crippen LogP contribution < -0.4 is 10.1 Å². The van der Waals surface area contributed by atoms with Gasteiger partial charge in [-0.05, 0) is 70.6 Å². The average Bonchev–Trinajstić information content (AvgIpc) is 3.49. The van der Waals surface area contributed by atoms with Crippen molar-refractivity contribution in [1.29, 1.82) is 0 Å². The maximum absolute atomic E-state index is 13.4. The number of nitrogens with zero attached hydrogens (tertiary/aromatic N) is 3. The minimum atomic E-state index is -4.52. The Kier molecular flexibility index (Phi) is 10.9. The highest BCUT2D eigenvalue weighted by atomic mass is 79.9. The molecule has 0 unspecified atom stereocenters. The standard InChI is InChI=1S/C30H31BrF3N5O2/c31-26-19-23(29(40)35-16-9-4-2-1-3-6-11-21-12-7-5-8-13-21)18-25(28(26)41-20-27-36-38-39-37-27)22-14-10-15-24(17-22)30(32,33)34/h5,7-8,10,12-15,17-19H,1-4,6,9,11,16,20H2,(H,35,40)(H,36,37,38,39). The molecule has 0 aliphatic carbocycles. The molecule has 0 bridgehead atoms. The number of tetrazole rings is 1. The van der Waals surface area contributed by atoms with Crippen LogP contribution in [0.3, 0.4) is 0 Å². The van der Waals surface area contributed by atoms with E-state index in [2.05, 4.69) is 66.1 Å². The number of carbonyl (C=O) groups is 1. The molecule has 0 aliphatic heterocycles. The summed E-state index contributed by atoms with van der Waals surface area (Å²) in [6.07, 6.45) is 3.02. The Morgan fingerprint density at radius 2 is 1.68 bits per heavy atom. The van der Waals surface area contributed by atoms with E-state index in [1.165, 1.54) is 30.5 Å². The number of ether oxygens (including phenoxy) is 1. The molecule has 0 saturated carbocycles. The van der Waals surface area contributed by atoms with Gasteiger partial charge in [0.25, 0.3) is 5.91 Å². The van der Waals surface area contributed by atoms with Gasteiger partial charge in [-0.2, -0.15) is 18.4 Å². The second kappa shape index (κ2) is 14.8. The number of benzene rings is 3. The van der Waals surface area contributed by atoms with Gasteiger partial charge in [0.05, 0.1) is 10.0 Å². The van der Waals surface area contributed by atoms with Crippen LogP contribution in [0.2, 0.25) is 0 Å². The molecule has 2 N–H and O–H groups in total. The number of aromatic nitrogens is 4. The highest BCUT2D eigenvalue weighted by Crippen LogP contribution is 2.40. The van der Waals surface area contributed by atoms with E-state index >= 15 is 0 Å². The number of unbranched alkanes of at least 4 members (excludes halogenated alkanes) is 5. The quantitative estimate of drug-likeness (QED) is 0.141. The van der Waals surface area contributed by atoms with Crippen LogP contribution in [0.1, 0.15) is 65.8 Å². The summed E-state index contributed by atoms with van der Waals surface area (Å²) in [7, 11) is 0. The number of H-pyrrole nitrogens is 1. The van der Waals surface area contributed by atoms with Crippen molar-refractivity contribution in [2.75, 3.05) is 6.54 Å². The second-order valence-electron chi connectivity index (χ2n) is 9.64. The number of alkyl halides is 3. The van der Waals surface area contributed by atoms with E-state index in [-0.39, 0.29) is 29.7 Å². The van der Waals surface area contributed by atoms with Crippen molar-refractivity contribution in [3.8, 4) is 16.9 Å². The SMILES string of the molecule is O=C(NCCCCCCCCc1ccccc1)c1cc(Br)c(OCc2nn[nH]n2)c(-c2cccc(C(F)(F)F)c2)c1. The molecule has 216 valence electrons. The second-order valence-corrected chi connectivity index (χ2v) is 10.5.